The molecular formula is C17H19F3N4O2S. The number of piperidine rings is 1. The number of para-hydroxylation sites is 1. The van der Waals surface area contributed by atoms with Crippen molar-refractivity contribution in [2.75, 3.05) is 29.9 Å². The lowest BCUT2D eigenvalue weighted by atomic mass is 10.0. The number of hydrogen-bond donors (Lipinski definition) is 0. The van der Waals surface area contributed by atoms with Crippen LogP contribution in [0, 0.1) is 0 Å². The minimum Gasteiger partial charge on any atom is -0.369 e. The van der Waals surface area contributed by atoms with E-state index >= 15 is 0 Å². The van der Waals surface area contributed by atoms with Gasteiger partial charge in [0.05, 0.1) is 10.6 Å². The quantitative estimate of drug-likeness (QED) is 0.786. The average Bonchev–Trinajstić information content (AvgIpc) is 2.67. The summed E-state index contributed by atoms with van der Waals surface area (Å²) in [5, 5.41) is 7.92. The lowest BCUT2D eigenvalue weighted by molar-refractivity contribution is -0.0435. The SMILES string of the molecule is CN(c1ccccc1S(=O)(=O)C(F)(F)F)C1CCCN(c2cccnn2)C1. The van der Waals surface area contributed by atoms with E-state index in [9.17, 15) is 21.6 Å². The van der Waals surface area contributed by atoms with Gasteiger partial charge >= 0.3 is 5.51 Å². The molecule has 146 valence electrons. The van der Waals surface area contributed by atoms with Crippen LogP contribution in [0.4, 0.5) is 24.7 Å². The fourth-order valence-corrected chi connectivity index (χ4v) is 4.23. The molecule has 1 aliphatic heterocycles. The van der Waals surface area contributed by atoms with E-state index in [1.165, 1.54) is 18.2 Å². The zero-order valence-electron chi connectivity index (χ0n) is 14.6. The smallest absolute Gasteiger partial charge is 0.369 e. The van der Waals surface area contributed by atoms with Gasteiger partial charge in [0.1, 0.15) is 0 Å². The summed E-state index contributed by atoms with van der Waals surface area (Å²) in [4.78, 5) is 2.89. The predicted molar refractivity (Wildman–Crippen MR) is 95.4 cm³/mol. The second-order valence-corrected chi connectivity index (χ2v) is 8.26. The van der Waals surface area contributed by atoms with E-state index in [4.69, 9.17) is 0 Å². The molecule has 10 heteroatoms. The van der Waals surface area contributed by atoms with E-state index in [2.05, 4.69) is 10.2 Å². The number of alkyl halides is 3. The highest BCUT2D eigenvalue weighted by Gasteiger charge is 2.48. The maximum Gasteiger partial charge on any atom is 0.501 e. The monoisotopic (exact) mass is 400 g/mol. The van der Waals surface area contributed by atoms with Gasteiger partial charge in [-0.15, -0.1) is 5.10 Å². The second kappa shape index (κ2) is 7.34. The number of nitrogens with zero attached hydrogens (tertiary/aromatic N) is 4. The normalized spacial score (nSPS) is 18.4. The molecule has 1 fully saturated rings. The zero-order chi connectivity index (χ0) is 19.7. The third kappa shape index (κ3) is 3.85. The molecular weight excluding hydrogens is 381 g/mol. The molecule has 0 N–H and O–H groups in total. The number of halogens is 3. The van der Waals surface area contributed by atoms with E-state index in [1.807, 2.05) is 11.0 Å². The van der Waals surface area contributed by atoms with Gasteiger partial charge in [-0.3, -0.25) is 0 Å². The summed E-state index contributed by atoms with van der Waals surface area (Å²) in [6, 6.07) is 8.65. The molecule has 0 radical (unpaired) electrons. The van der Waals surface area contributed by atoms with E-state index in [0.29, 0.717) is 12.4 Å². The number of likely N-dealkylation sites (N-methyl/N-ethyl adjacent to an activating group) is 1. The van der Waals surface area contributed by atoms with Crippen molar-refractivity contribution in [2.45, 2.75) is 29.3 Å². The first kappa shape index (κ1) is 19.4. The summed E-state index contributed by atoms with van der Waals surface area (Å²) >= 11 is 0. The van der Waals surface area contributed by atoms with Crippen LogP contribution in [0.15, 0.2) is 47.5 Å². The van der Waals surface area contributed by atoms with Crippen LogP contribution in [0.2, 0.25) is 0 Å². The maximum absolute atomic E-state index is 13.1. The van der Waals surface area contributed by atoms with Crippen molar-refractivity contribution in [1.82, 2.24) is 10.2 Å². The summed E-state index contributed by atoms with van der Waals surface area (Å²) in [6.07, 6.45) is 3.10. The number of aromatic nitrogens is 2. The highest BCUT2D eigenvalue weighted by molar-refractivity contribution is 7.92. The first-order valence-corrected chi connectivity index (χ1v) is 9.86. The summed E-state index contributed by atoms with van der Waals surface area (Å²) in [7, 11) is -3.81. The van der Waals surface area contributed by atoms with Gasteiger partial charge in [0.2, 0.25) is 0 Å². The number of sulfone groups is 1. The van der Waals surface area contributed by atoms with Crippen LogP contribution in [0.25, 0.3) is 0 Å². The molecule has 1 aromatic heterocycles. The Balaban J connectivity index is 1.89. The third-order valence-electron chi connectivity index (χ3n) is 4.67. The molecule has 1 saturated heterocycles. The van der Waals surface area contributed by atoms with Gasteiger partial charge in [-0.1, -0.05) is 12.1 Å². The Bertz CT molecular complexity index is 891. The van der Waals surface area contributed by atoms with Gasteiger partial charge in [-0.2, -0.15) is 18.3 Å². The molecule has 1 atom stereocenters. The highest BCUT2D eigenvalue weighted by Crippen LogP contribution is 2.36. The largest absolute Gasteiger partial charge is 0.501 e. The lowest BCUT2D eigenvalue weighted by Gasteiger charge is -2.39. The molecule has 6 nitrogen and oxygen atoms in total. The van der Waals surface area contributed by atoms with Crippen molar-refractivity contribution in [1.29, 1.82) is 0 Å². The molecule has 2 aromatic rings. The van der Waals surface area contributed by atoms with Crippen molar-refractivity contribution < 1.29 is 21.6 Å². The van der Waals surface area contributed by atoms with Crippen LogP contribution < -0.4 is 9.80 Å². The molecule has 1 aliphatic rings. The molecule has 27 heavy (non-hydrogen) atoms. The van der Waals surface area contributed by atoms with Crippen LogP contribution in [0.3, 0.4) is 0 Å². The van der Waals surface area contributed by atoms with Gasteiger partial charge in [-0.25, -0.2) is 8.42 Å². The van der Waals surface area contributed by atoms with Gasteiger partial charge < -0.3 is 9.80 Å². The van der Waals surface area contributed by atoms with Crippen LogP contribution in [0.1, 0.15) is 12.8 Å². The van der Waals surface area contributed by atoms with Gasteiger partial charge in [0.25, 0.3) is 9.84 Å². The number of hydrogen-bond acceptors (Lipinski definition) is 6. The van der Waals surface area contributed by atoms with Crippen molar-refractivity contribution in [3.8, 4) is 0 Å². The van der Waals surface area contributed by atoms with Crippen molar-refractivity contribution in [2.24, 2.45) is 0 Å². The Labute approximate surface area is 155 Å². The molecule has 0 saturated carbocycles. The maximum atomic E-state index is 13.1. The van der Waals surface area contributed by atoms with Crippen molar-refractivity contribution >= 4 is 21.3 Å². The van der Waals surface area contributed by atoms with E-state index in [1.54, 1.807) is 24.2 Å². The average molecular weight is 400 g/mol. The van der Waals surface area contributed by atoms with Gasteiger partial charge in [0.15, 0.2) is 5.82 Å². The topological polar surface area (TPSA) is 66.4 Å². The Morgan fingerprint density at radius 2 is 1.93 bits per heavy atom. The number of benzene rings is 1. The standard InChI is InChI=1S/C17H19F3N4O2S/c1-23(13-6-5-11-24(12-13)16-9-4-10-21-22-16)14-7-2-3-8-15(14)27(25,26)17(18,19)20/h2-4,7-10,13H,5-6,11-12H2,1H3. The fraction of sp³-hybridized carbons (Fsp3) is 0.412. The third-order valence-corrected chi connectivity index (χ3v) is 6.20. The summed E-state index contributed by atoms with van der Waals surface area (Å²) in [6.45, 7) is 1.27. The first-order valence-electron chi connectivity index (χ1n) is 8.37. The Hall–Kier alpha value is -2.36. The Kier molecular flexibility index (Phi) is 5.27. The Morgan fingerprint density at radius 3 is 2.59 bits per heavy atom. The summed E-state index contributed by atoms with van der Waals surface area (Å²) in [5.41, 5.74) is -5.30. The molecule has 0 spiro atoms. The minimum absolute atomic E-state index is 0.0424. The van der Waals surface area contributed by atoms with Crippen LogP contribution >= 0.6 is 0 Å². The lowest BCUT2D eigenvalue weighted by Crippen LogP contribution is -2.47. The van der Waals surface area contributed by atoms with Gasteiger partial charge in [0, 0.05) is 32.4 Å². The van der Waals surface area contributed by atoms with E-state index in [-0.39, 0.29) is 11.7 Å². The van der Waals surface area contributed by atoms with Crippen molar-refractivity contribution in [3.63, 3.8) is 0 Å². The van der Waals surface area contributed by atoms with Crippen LogP contribution in [0.5, 0.6) is 0 Å². The molecule has 1 unspecified atom stereocenters. The second-order valence-electron chi connectivity index (χ2n) is 6.35. The molecule has 0 bridgehead atoms. The molecule has 2 heterocycles. The van der Waals surface area contributed by atoms with E-state index < -0.39 is 20.2 Å². The number of rotatable bonds is 4. The molecule has 0 amide bonds. The van der Waals surface area contributed by atoms with Crippen molar-refractivity contribution in [3.05, 3.63) is 42.6 Å². The Morgan fingerprint density at radius 1 is 1.19 bits per heavy atom. The van der Waals surface area contributed by atoms with Crippen LogP contribution in [-0.2, 0) is 9.84 Å². The van der Waals surface area contributed by atoms with E-state index in [0.717, 1.165) is 25.5 Å². The minimum atomic E-state index is -5.43. The summed E-state index contributed by atoms with van der Waals surface area (Å²) in [5.74, 6) is 0.687. The van der Waals surface area contributed by atoms with Crippen LogP contribution in [-0.4, -0.2) is 50.3 Å². The molecule has 3 rings (SSSR count). The first-order chi connectivity index (χ1) is 12.7. The fourth-order valence-electron chi connectivity index (χ4n) is 3.24. The predicted octanol–water partition coefficient (Wildman–Crippen LogP) is 2.88. The summed E-state index contributed by atoms with van der Waals surface area (Å²) < 4.78 is 63.1. The molecule has 1 aromatic carbocycles. The molecule has 0 aliphatic carbocycles. The van der Waals surface area contributed by atoms with Gasteiger partial charge in [-0.05, 0) is 37.1 Å². The zero-order valence-corrected chi connectivity index (χ0v) is 15.4. The highest BCUT2D eigenvalue weighted by atomic mass is 32.2. The number of anilines is 2.